The predicted molar refractivity (Wildman–Crippen MR) is 90.0 cm³/mol. The van der Waals surface area contributed by atoms with E-state index in [0.29, 0.717) is 6.54 Å². The molecule has 2 aromatic rings. The molecule has 126 valence electrons. The number of aryl methyl sites for hydroxylation is 3. The van der Waals surface area contributed by atoms with Gasteiger partial charge in [-0.2, -0.15) is 5.10 Å². The van der Waals surface area contributed by atoms with Gasteiger partial charge >= 0.3 is 0 Å². The van der Waals surface area contributed by atoms with E-state index in [1.165, 1.54) is 0 Å². The minimum atomic E-state index is 0.671. The van der Waals surface area contributed by atoms with Crippen LogP contribution < -0.4 is 5.32 Å². The number of aliphatic imine (C=N–C) groups is 1. The standard InChI is InChI=1S/C15H26N8/c1-13-17-8-10-23(13)9-6-5-7-18-15(16-2)21(3)11-14-19-12-20-22(14)4/h8,10,12H,5-7,9,11H2,1-4H3,(H,16,18). The average molecular weight is 318 g/mol. The van der Waals surface area contributed by atoms with Crippen LogP contribution in [0.1, 0.15) is 24.5 Å². The highest BCUT2D eigenvalue weighted by atomic mass is 15.4. The molecule has 0 aromatic carbocycles. The highest BCUT2D eigenvalue weighted by Gasteiger charge is 2.09. The lowest BCUT2D eigenvalue weighted by atomic mass is 10.3. The first-order chi connectivity index (χ1) is 11.1. The summed E-state index contributed by atoms with van der Waals surface area (Å²) < 4.78 is 3.95. The molecule has 2 aromatic heterocycles. The number of hydrogen-bond acceptors (Lipinski definition) is 4. The van der Waals surface area contributed by atoms with Crippen molar-refractivity contribution >= 4 is 5.96 Å². The first-order valence-electron chi connectivity index (χ1n) is 7.84. The first kappa shape index (κ1) is 17.0. The third-order valence-electron chi connectivity index (χ3n) is 3.79. The van der Waals surface area contributed by atoms with E-state index in [-0.39, 0.29) is 0 Å². The number of guanidine groups is 1. The van der Waals surface area contributed by atoms with Crippen LogP contribution >= 0.6 is 0 Å². The lowest BCUT2D eigenvalue weighted by molar-refractivity contribution is 0.446. The molecule has 0 amide bonds. The van der Waals surface area contributed by atoms with Crippen molar-refractivity contribution in [3.63, 3.8) is 0 Å². The zero-order valence-corrected chi connectivity index (χ0v) is 14.4. The molecule has 23 heavy (non-hydrogen) atoms. The van der Waals surface area contributed by atoms with Crippen molar-refractivity contribution in [2.45, 2.75) is 32.9 Å². The van der Waals surface area contributed by atoms with Crippen LogP contribution in [0.25, 0.3) is 0 Å². The maximum absolute atomic E-state index is 4.32. The Bertz CT molecular complexity index is 627. The summed E-state index contributed by atoms with van der Waals surface area (Å²) in [7, 11) is 5.69. The number of unbranched alkanes of at least 4 members (excludes halogenated alkanes) is 1. The molecule has 0 aliphatic carbocycles. The van der Waals surface area contributed by atoms with Crippen molar-refractivity contribution in [3.8, 4) is 0 Å². The van der Waals surface area contributed by atoms with Crippen LogP contribution in [0.15, 0.2) is 23.7 Å². The average Bonchev–Trinajstić information content (AvgIpc) is 3.12. The van der Waals surface area contributed by atoms with Crippen LogP contribution in [0.4, 0.5) is 0 Å². The van der Waals surface area contributed by atoms with E-state index in [9.17, 15) is 0 Å². The van der Waals surface area contributed by atoms with E-state index < -0.39 is 0 Å². The Labute approximate surface area is 137 Å². The molecule has 0 atom stereocenters. The summed E-state index contributed by atoms with van der Waals surface area (Å²) in [4.78, 5) is 14.8. The third-order valence-corrected chi connectivity index (χ3v) is 3.79. The molecule has 8 nitrogen and oxygen atoms in total. The van der Waals surface area contributed by atoms with E-state index in [0.717, 1.165) is 43.5 Å². The van der Waals surface area contributed by atoms with Crippen molar-refractivity contribution in [3.05, 3.63) is 30.4 Å². The van der Waals surface area contributed by atoms with Gasteiger partial charge < -0.3 is 14.8 Å². The molecule has 2 rings (SSSR count). The van der Waals surface area contributed by atoms with Crippen LogP contribution in [0.3, 0.4) is 0 Å². The fraction of sp³-hybridized carbons (Fsp3) is 0.600. The lowest BCUT2D eigenvalue weighted by Crippen LogP contribution is -2.39. The number of nitrogens with one attached hydrogen (secondary N) is 1. The summed E-state index contributed by atoms with van der Waals surface area (Å²) in [6.07, 6.45) is 7.62. The van der Waals surface area contributed by atoms with Gasteiger partial charge in [-0.1, -0.05) is 0 Å². The quantitative estimate of drug-likeness (QED) is 0.464. The van der Waals surface area contributed by atoms with E-state index in [2.05, 4.69) is 29.9 Å². The number of rotatable bonds is 7. The van der Waals surface area contributed by atoms with Crippen molar-refractivity contribution in [1.82, 2.24) is 34.5 Å². The second kappa shape index (κ2) is 8.30. The van der Waals surface area contributed by atoms with E-state index in [1.807, 2.05) is 38.3 Å². The third kappa shape index (κ3) is 4.80. The number of nitrogens with zero attached hydrogens (tertiary/aromatic N) is 7. The van der Waals surface area contributed by atoms with Crippen LogP contribution in [-0.4, -0.2) is 55.8 Å². The van der Waals surface area contributed by atoms with Gasteiger partial charge in [-0.15, -0.1) is 0 Å². The molecule has 0 fully saturated rings. The Kier molecular flexibility index (Phi) is 6.13. The van der Waals surface area contributed by atoms with Crippen LogP contribution in [0, 0.1) is 6.92 Å². The summed E-state index contributed by atoms with van der Waals surface area (Å²) in [5.41, 5.74) is 0. The van der Waals surface area contributed by atoms with Gasteiger partial charge in [-0.05, 0) is 19.8 Å². The number of imidazole rings is 1. The van der Waals surface area contributed by atoms with Gasteiger partial charge in [-0.25, -0.2) is 9.97 Å². The van der Waals surface area contributed by atoms with Gasteiger partial charge in [0, 0.05) is 46.6 Å². The van der Waals surface area contributed by atoms with Crippen molar-refractivity contribution < 1.29 is 0 Å². The fourth-order valence-corrected chi connectivity index (χ4v) is 2.38. The molecule has 0 aliphatic heterocycles. The molecule has 0 radical (unpaired) electrons. The van der Waals surface area contributed by atoms with Gasteiger partial charge in [-0.3, -0.25) is 9.67 Å². The SMILES string of the molecule is CN=C(NCCCCn1ccnc1C)N(C)Cc1ncnn1C. The van der Waals surface area contributed by atoms with Gasteiger partial charge in [0.2, 0.25) is 0 Å². The predicted octanol–water partition coefficient (Wildman–Crippen LogP) is 0.808. The van der Waals surface area contributed by atoms with Gasteiger partial charge in [0.25, 0.3) is 0 Å². The van der Waals surface area contributed by atoms with Crippen LogP contribution in [0.5, 0.6) is 0 Å². The Hall–Kier alpha value is -2.38. The lowest BCUT2D eigenvalue weighted by Gasteiger charge is -2.21. The maximum Gasteiger partial charge on any atom is 0.193 e. The van der Waals surface area contributed by atoms with Gasteiger partial charge in [0.15, 0.2) is 5.96 Å². The molecule has 0 unspecified atom stereocenters. The molecule has 0 spiro atoms. The second-order valence-corrected chi connectivity index (χ2v) is 5.50. The smallest absolute Gasteiger partial charge is 0.193 e. The van der Waals surface area contributed by atoms with E-state index >= 15 is 0 Å². The summed E-state index contributed by atoms with van der Waals surface area (Å²) >= 11 is 0. The molecular weight excluding hydrogens is 292 g/mol. The molecule has 0 bridgehead atoms. The zero-order chi connectivity index (χ0) is 16.7. The van der Waals surface area contributed by atoms with Crippen molar-refractivity contribution in [2.75, 3.05) is 20.6 Å². The number of hydrogen-bond donors (Lipinski definition) is 1. The topological polar surface area (TPSA) is 76.2 Å². The molecule has 2 heterocycles. The van der Waals surface area contributed by atoms with Crippen LogP contribution in [-0.2, 0) is 20.1 Å². The Balaban J connectivity index is 1.70. The number of aromatic nitrogens is 5. The van der Waals surface area contributed by atoms with E-state index in [1.54, 1.807) is 18.1 Å². The highest BCUT2D eigenvalue weighted by molar-refractivity contribution is 5.79. The highest BCUT2D eigenvalue weighted by Crippen LogP contribution is 2.00. The Morgan fingerprint density at radius 1 is 1.35 bits per heavy atom. The summed E-state index contributed by atoms with van der Waals surface area (Å²) in [6, 6.07) is 0. The molecule has 0 aliphatic rings. The minimum absolute atomic E-state index is 0.671. The van der Waals surface area contributed by atoms with Crippen molar-refractivity contribution in [2.24, 2.45) is 12.0 Å². The molecule has 1 N–H and O–H groups in total. The monoisotopic (exact) mass is 318 g/mol. The first-order valence-corrected chi connectivity index (χ1v) is 7.84. The largest absolute Gasteiger partial charge is 0.356 e. The minimum Gasteiger partial charge on any atom is -0.356 e. The molecule has 0 saturated carbocycles. The summed E-state index contributed by atoms with van der Waals surface area (Å²) in [5, 5.41) is 7.47. The normalized spacial score (nSPS) is 11.7. The van der Waals surface area contributed by atoms with Crippen molar-refractivity contribution in [1.29, 1.82) is 0 Å². The van der Waals surface area contributed by atoms with Crippen LogP contribution in [0.2, 0.25) is 0 Å². The van der Waals surface area contributed by atoms with E-state index in [4.69, 9.17) is 0 Å². The molecular formula is C15H26N8. The summed E-state index contributed by atoms with van der Waals surface area (Å²) in [5.74, 6) is 2.84. The summed E-state index contributed by atoms with van der Waals surface area (Å²) in [6.45, 7) is 4.59. The molecule has 8 heteroatoms. The van der Waals surface area contributed by atoms with Gasteiger partial charge in [0.1, 0.15) is 18.0 Å². The molecule has 0 saturated heterocycles. The van der Waals surface area contributed by atoms with Gasteiger partial charge in [0.05, 0.1) is 6.54 Å². The second-order valence-electron chi connectivity index (χ2n) is 5.50. The Morgan fingerprint density at radius 2 is 2.17 bits per heavy atom. The fourth-order valence-electron chi connectivity index (χ4n) is 2.38. The maximum atomic E-state index is 4.32. The Morgan fingerprint density at radius 3 is 2.78 bits per heavy atom. The zero-order valence-electron chi connectivity index (χ0n) is 14.4.